The van der Waals surface area contributed by atoms with E-state index in [1.54, 1.807) is 6.26 Å². The lowest BCUT2D eigenvalue weighted by Gasteiger charge is -2.02. The number of nitrogens with one attached hydrogen (secondary N) is 1. The van der Waals surface area contributed by atoms with Crippen molar-refractivity contribution in [2.45, 2.75) is 13.1 Å². The minimum atomic E-state index is 0.767. The van der Waals surface area contributed by atoms with Gasteiger partial charge in [0.05, 0.1) is 12.8 Å². The van der Waals surface area contributed by atoms with Crippen molar-refractivity contribution in [1.82, 2.24) is 5.32 Å². The highest BCUT2D eigenvalue weighted by atomic mass is 79.9. The Labute approximate surface area is 97.4 Å². The van der Waals surface area contributed by atoms with Crippen LogP contribution in [0.2, 0.25) is 0 Å². The van der Waals surface area contributed by atoms with Crippen LogP contribution >= 0.6 is 15.9 Å². The first-order valence-corrected chi connectivity index (χ1v) is 5.61. The Hall–Kier alpha value is -1.06. The van der Waals surface area contributed by atoms with Gasteiger partial charge < -0.3 is 9.73 Å². The number of furan rings is 1. The van der Waals surface area contributed by atoms with Gasteiger partial charge in [0.2, 0.25) is 0 Å². The van der Waals surface area contributed by atoms with E-state index in [4.69, 9.17) is 4.42 Å². The van der Waals surface area contributed by atoms with Crippen molar-refractivity contribution in [3.8, 4) is 0 Å². The standard InChI is InChI=1S/C12H12BrNO/c13-11-5-3-10(4-6-11)8-14-9-12-2-1-7-15-12/h1-7,14H,8-9H2. The molecule has 0 radical (unpaired) electrons. The van der Waals surface area contributed by atoms with Gasteiger partial charge in [-0.3, -0.25) is 0 Å². The molecule has 78 valence electrons. The highest BCUT2D eigenvalue weighted by Crippen LogP contribution is 2.10. The number of halogens is 1. The number of hydrogen-bond donors (Lipinski definition) is 1. The van der Waals surface area contributed by atoms with Gasteiger partial charge in [0.25, 0.3) is 0 Å². The van der Waals surface area contributed by atoms with Crippen LogP contribution in [0.5, 0.6) is 0 Å². The topological polar surface area (TPSA) is 25.2 Å². The molecule has 1 aromatic carbocycles. The third kappa shape index (κ3) is 3.22. The van der Waals surface area contributed by atoms with Crippen LogP contribution in [0.4, 0.5) is 0 Å². The maximum absolute atomic E-state index is 5.22. The van der Waals surface area contributed by atoms with E-state index < -0.39 is 0 Å². The molecule has 0 spiro atoms. The molecule has 0 fully saturated rings. The molecule has 0 aliphatic rings. The molecule has 1 aromatic heterocycles. The smallest absolute Gasteiger partial charge is 0.117 e. The highest BCUT2D eigenvalue weighted by molar-refractivity contribution is 9.10. The van der Waals surface area contributed by atoms with Crippen LogP contribution in [0.3, 0.4) is 0 Å². The number of rotatable bonds is 4. The summed E-state index contributed by atoms with van der Waals surface area (Å²) in [4.78, 5) is 0. The average molecular weight is 266 g/mol. The Kier molecular flexibility index (Phi) is 3.59. The third-order valence-corrected chi connectivity index (χ3v) is 2.65. The van der Waals surface area contributed by atoms with Crippen molar-refractivity contribution in [2.24, 2.45) is 0 Å². The van der Waals surface area contributed by atoms with Gasteiger partial charge in [0.1, 0.15) is 5.76 Å². The van der Waals surface area contributed by atoms with E-state index in [2.05, 4.69) is 33.4 Å². The molecule has 0 unspecified atom stereocenters. The first-order valence-electron chi connectivity index (χ1n) is 4.82. The monoisotopic (exact) mass is 265 g/mol. The molecule has 3 heteroatoms. The van der Waals surface area contributed by atoms with E-state index >= 15 is 0 Å². The van der Waals surface area contributed by atoms with Crippen molar-refractivity contribution >= 4 is 15.9 Å². The minimum Gasteiger partial charge on any atom is -0.468 e. The fourth-order valence-corrected chi connectivity index (χ4v) is 1.61. The summed E-state index contributed by atoms with van der Waals surface area (Å²) >= 11 is 3.41. The van der Waals surface area contributed by atoms with Gasteiger partial charge in [0.15, 0.2) is 0 Å². The van der Waals surface area contributed by atoms with Crippen LogP contribution in [0.25, 0.3) is 0 Å². The van der Waals surface area contributed by atoms with E-state index in [0.29, 0.717) is 0 Å². The molecule has 0 saturated carbocycles. The van der Waals surface area contributed by atoms with Crippen LogP contribution in [-0.2, 0) is 13.1 Å². The lowest BCUT2D eigenvalue weighted by Crippen LogP contribution is -2.11. The summed E-state index contributed by atoms with van der Waals surface area (Å²) < 4.78 is 6.33. The van der Waals surface area contributed by atoms with Crippen molar-refractivity contribution in [3.63, 3.8) is 0 Å². The molecule has 0 atom stereocenters. The second-order valence-corrected chi connectivity index (χ2v) is 4.23. The Morgan fingerprint density at radius 3 is 2.53 bits per heavy atom. The summed E-state index contributed by atoms with van der Waals surface area (Å²) in [5, 5.41) is 3.31. The second-order valence-electron chi connectivity index (χ2n) is 3.31. The summed E-state index contributed by atoms with van der Waals surface area (Å²) in [6.07, 6.45) is 1.69. The zero-order chi connectivity index (χ0) is 10.5. The molecule has 0 aliphatic heterocycles. The first kappa shape index (κ1) is 10.5. The Morgan fingerprint density at radius 2 is 1.87 bits per heavy atom. The van der Waals surface area contributed by atoms with E-state index in [1.165, 1.54) is 5.56 Å². The molecule has 15 heavy (non-hydrogen) atoms. The van der Waals surface area contributed by atoms with Gasteiger partial charge in [-0.15, -0.1) is 0 Å². The van der Waals surface area contributed by atoms with E-state index in [0.717, 1.165) is 23.3 Å². The van der Waals surface area contributed by atoms with Crippen molar-refractivity contribution in [1.29, 1.82) is 0 Å². The Bertz CT molecular complexity index is 394. The van der Waals surface area contributed by atoms with Crippen LogP contribution in [-0.4, -0.2) is 0 Å². The van der Waals surface area contributed by atoms with Crippen LogP contribution in [0.15, 0.2) is 51.6 Å². The van der Waals surface area contributed by atoms with Crippen molar-refractivity contribution < 1.29 is 4.42 Å². The first-order chi connectivity index (χ1) is 7.34. The summed E-state index contributed by atoms with van der Waals surface area (Å²) in [7, 11) is 0. The zero-order valence-electron chi connectivity index (χ0n) is 8.24. The molecule has 1 heterocycles. The van der Waals surface area contributed by atoms with E-state index in [1.807, 2.05) is 24.3 Å². The fraction of sp³-hybridized carbons (Fsp3) is 0.167. The zero-order valence-corrected chi connectivity index (χ0v) is 9.83. The second kappa shape index (κ2) is 5.14. The fourth-order valence-electron chi connectivity index (χ4n) is 1.35. The minimum absolute atomic E-state index is 0.767. The molecule has 0 aliphatic carbocycles. The Balaban J connectivity index is 1.81. The molecular formula is C12H12BrNO. The number of benzene rings is 1. The quantitative estimate of drug-likeness (QED) is 0.918. The summed E-state index contributed by atoms with van der Waals surface area (Å²) in [5.74, 6) is 0.965. The van der Waals surface area contributed by atoms with Crippen LogP contribution < -0.4 is 5.32 Å². The molecule has 2 aromatic rings. The van der Waals surface area contributed by atoms with Gasteiger partial charge in [-0.25, -0.2) is 0 Å². The van der Waals surface area contributed by atoms with Crippen LogP contribution in [0.1, 0.15) is 11.3 Å². The molecule has 2 nitrogen and oxygen atoms in total. The maximum atomic E-state index is 5.22. The summed E-state index contributed by atoms with van der Waals surface area (Å²) in [6.45, 7) is 1.62. The van der Waals surface area contributed by atoms with E-state index in [9.17, 15) is 0 Å². The Morgan fingerprint density at radius 1 is 1.07 bits per heavy atom. The molecule has 0 bridgehead atoms. The summed E-state index contributed by atoms with van der Waals surface area (Å²) in [5.41, 5.74) is 1.27. The SMILES string of the molecule is Brc1ccc(CNCc2ccco2)cc1. The van der Waals surface area contributed by atoms with Gasteiger partial charge in [-0.1, -0.05) is 28.1 Å². The number of hydrogen-bond acceptors (Lipinski definition) is 2. The lowest BCUT2D eigenvalue weighted by molar-refractivity contribution is 0.483. The highest BCUT2D eigenvalue weighted by Gasteiger charge is 1.95. The normalized spacial score (nSPS) is 10.5. The molecule has 1 N–H and O–H groups in total. The maximum Gasteiger partial charge on any atom is 0.117 e. The largest absolute Gasteiger partial charge is 0.468 e. The van der Waals surface area contributed by atoms with Gasteiger partial charge in [0, 0.05) is 11.0 Å². The van der Waals surface area contributed by atoms with Crippen molar-refractivity contribution in [2.75, 3.05) is 0 Å². The average Bonchev–Trinajstić information content (AvgIpc) is 2.74. The lowest BCUT2D eigenvalue weighted by atomic mass is 10.2. The molecule has 2 rings (SSSR count). The van der Waals surface area contributed by atoms with E-state index in [-0.39, 0.29) is 0 Å². The molecule has 0 saturated heterocycles. The third-order valence-electron chi connectivity index (χ3n) is 2.12. The van der Waals surface area contributed by atoms with Gasteiger partial charge in [-0.05, 0) is 29.8 Å². The van der Waals surface area contributed by atoms with Gasteiger partial charge in [-0.2, -0.15) is 0 Å². The van der Waals surface area contributed by atoms with Crippen molar-refractivity contribution in [3.05, 3.63) is 58.5 Å². The van der Waals surface area contributed by atoms with Gasteiger partial charge >= 0.3 is 0 Å². The molecule has 0 amide bonds. The predicted octanol–water partition coefficient (Wildman–Crippen LogP) is 3.33. The van der Waals surface area contributed by atoms with Crippen LogP contribution in [0, 0.1) is 0 Å². The molecular weight excluding hydrogens is 254 g/mol. The summed E-state index contributed by atoms with van der Waals surface area (Å²) in [6, 6.07) is 12.2. The predicted molar refractivity (Wildman–Crippen MR) is 63.4 cm³/mol.